The Labute approximate surface area is 205 Å². The van der Waals surface area contributed by atoms with Gasteiger partial charge < -0.3 is 14.8 Å². The minimum absolute atomic E-state index is 0.0506. The minimum Gasteiger partial charge on any atom is -0.454 e. The van der Waals surface area contributed by atoms with Crippen LogP contribution in [0.15, 0.2) is 66.7 Å². The molecule has 1 spiro atoms. The molecule has 0 radical (unpaired) electrons. The Balaban J connectivity index is 1.47. The van der Waals surface area contributed by atoms with Crippen molar-refractivity contribution in [2.24, 2.45) is 5.92 Å². The van der Waals surface area contributed by atoms with Gasteiger partial charge >= 0.3 is 0 Å². The maximum Gasteiger partial charge on any atom is 0.250 e. The highest BCUT2D eigenvalue weighted by atomic mass is 32.2. The van der Waals surface area contributed by atoms with Crippen molar-refractivity contribution in [1.29, 1.82) is 0 Å². The number of nitrogens with zero attached hydrogens (tertiary/aromatic N) is 1. The monoisotopic (exact) mass is 488 g/mol. The normalized spacial score (nSPS) is 28.3. The summed E-state index contributed by atoms with van der Waals surface area (Å²) in [6.45, 7) is 0.106. The molecular weight excluding hydrogens is 467 g/mol. The van der Waals surface area contributed by atoms with E-state index in [1.807, 2.05) is 30.3 Å². The first-order valence-electron chi connectivity index (χ1n) is 11.5. The molecule has 2 fully saturated rings. The molecule has 0 saturated carbocycles. The lowest BCUT2D eigenvalue weighted by Gasteiger charge is -2.36. The van der Waals surface area contributed by atoms with Gasteiger partial charge in [-0.25, -0.2) is 4.39 Å². The van der Waals surface area contributed by atoms with E-state index in [2.05, 4.69) is 10.2 Å². The molecule has 1 N–H and O–H groups in total. The molecule has 2 saturated heterocycles. The highest BCUT2D eigenvalue weighted by molar-refractivity contribution is 7.99. The molecule has 3 aromatic carbocycles. The van der Waals surface area contributed by atoms with Crippen LogP contribution in [0.25, 0.3) is 0 Å². The second kappa shape index (κ2) is 7.57. The maximum atomic E-state index is 14.6. The van der Waals surface area contributed by atoms with Crippen molar-refractivity contribution >= 4 is 29.1 Å². The summed E-state index contributed by atoms with van der Waals surface area (Å²) >= 11 is 1.74. The summed E-state index contributed by atoms with van der Waals surface area (Å²) in [7, 11) is 0. The summed E-state index contributed by atoms with van der Waals surface area (Å²) < 4.78 is 25.6. The molecule has 4 heterocycles. The van der Waals surface area contributed by atoms with E-state index in [4.69, 9.17) is 9.47 Å². The summed E-state index contributed by atoms with van der Waals surface area (Å²) in [5.41, 5.74) is 1.24. The number of hydrogen-bond acceptors (Lipinski definition) is 6. The molecular formula is C27H21FN2O4S. The number of ether oxygens (including phenoxy) is 2. The molecule has 6 nitrogen and oxygen atoms in total. The van der Waals surface area contributed by atoms with Gasteiger partial charge in [-0.2, -0.15) is 0 Å². The van der Waals surface area contributed by atoms with Crippen molar-refractivity contribution in [2.45, 2.75) is 17.5 Å². The number of anilines is 1. The van der Waals surface area contributed by atoms with Crippen LogP contribution in [-0.4, -0.2) is 41.1 Å². The predicted molar refractivity (Wildman–Crippen MR) is 129 cm³/mol. The van der Waals surface area contributed by atoms with Crippen LogP contribution in [0.4, 0.5) is 10.1 Å². The van der Waals surface area contributed by atoms with E-state index in [0.717, 1.165) is 11.3 Å². The molecule has 3 aromatic rings. The van der Waals surface area contributed by atoms with Gasteiger partial charge in [-0.3, -0.25) is 14.5 Å². The first kappa shape index (κ1) is 21.0. The molecule has 0 aliphatic carbocycles. The molecule has 4 aliphatic heterocycles. The summed E-state index contributed by atoms with van der Waals surface area (Å²) in [5, 5.41) is 2.97. The summed E-state index contributed by atoms with van der Waals surface area (Å²) in [4.78, 5) is 30.5. The smallest absolute Gasteiger partial charge is 0.250 e. The molecule has 0 bridgehead atoms. The van der Waals surface area contributed by atoms with E-state index in [1.165, 1.54) is 12.1 Å². The van der Waals surface area contributed by atoms with E-state index in [9.17, 15) is 14.0 Å². The number of halogens is 1. The molecule has 176 valence electrons. The predicted octanol–water partition coefficient (Wildman–Crippen LogP) is 4.37. The zero-order valence-electron chi connectivity index (χ0n) is 18.6. The fraction of sp³-hybridized carbons (Fsp3) is 0.259. The van der Waals surface area contributed by atoms with Crippen LogP contribution in [0.5, 0.6) is 11.5 Å². The van der Waals surface area contributed by atoms with Crippen molar-refractivity contribution in [2.75, 3.05) is 23.7 Å². The van der Waals surface area contributed by atoms with Gasteiger partial charge in [0.25, 0.3) is 0 Å². The molecule has 0 aromatic heterocycles. The molecule has 35 heavy (non-hydrogen) atoms. The maximum absolute atomic E-state index is 14.6. The fourth-order valence-electron chi connectivity index (χ4n) is 6.33. The molecule has 4 atom stereocenters. The third-order valence-corrected chi connectivity index (χ3v) is 8.74. The molecule has 7 rings (SSSR count). The Bertz CT molecular complexity index is 1380. The van der Waals surface area contributed by atoms with Gasteiger partial charge in [0.1, 0.15) is 11.4 Å². The lowest BCUT2D eigenvalue weighted by molar-refractivity contribution is -0.127. The summed E-state index contributed by atoms with van der Waals surface area (Å²) in [5.74, 6) is 0.602. The van der Waals surface area contributed by atoms with Gasteiger partial charge in [-0.15, -0.1) is 11.8 Å². The molecule has 4 aliphatic rings. The van der Waals surface area contributed by atoms with Crippen molar-refractivity contribution in [3.8, 4) is 11.5 Å². The number of hydrogen-bond donors (Lipinski definition) is 1. The Kier molecular flexibility index (Phi) is 4.53. The Morgan fingerprint density at radius 2 is 1.89 bits per heavy atom. The van der Waals surface area contributed by atoms with Crippen LogP contribution in [-0.2, 0) is 10.3 Å². The van der Waals surface area contributed by atoms with Gasteiger partial charge in [-0.05, 0) is 42.0 Å². The van der Waals surface area contributed by atoms with Crippen LogP contribution in [0.3, 0.4) is 0 Å². The largest absolute Gasteiger partial charge is 0.454 e. The van der Waals surface area contributed by atoms with E-state index >= 15 is 0 Å². The van der Waals surface area contributed by atoms with Crippen LogP contribution in [0.2, 0.25) is 0 Å². The van der Waals surface area contributed by atoms with Crippen molar-refractivity contribution in [3.63, 3.8) is 0 Å². The standard InChI is InChI=1S/C27H21FN2O4S/c28-17-7-8-19-18(11-17)27(26(32)29-19)24(25(31)16-6-9-21-22(10-16)34-14-33-21)23(15-4-2-1-3-5-15)20-12-35-13-30(20)27/h1-11,20,23-24H,12-14H2,(H,29,32)/t20-,23-,24+,27+/m0/s1. The second-order valence-electron chi connectivity index (χ2n) is 9.29. The minimum atomic E-state index is -1.31. The molecule has 1 amide bonds. The molecule has 8 heteroatoms. The third-order valence-electron chi connectivity index (χ3n) is 7.71. The van der Waals surface area contributed by atoms with Crippen molar-refractivity contribution < 1.29 is 23.5 Å². The van der Waals surface area contributed by atoms with E-state index in [-0.39, 0.29) is 30.4 Å². The van der Waals surface area contributed by atoms with E-state index in [0.29, 0.717) is 34.2 Å². The van der Waals surface area contributed by atoms with Crippen LogP contribution >= 0.6 is 11.8 Å². The van der Waals surface area contributed by atoms with Gasteiger partial charge in [0.15, 0.2) is 17.3 Å². The summed E-state index contributed by atoms with van der Waals surface area (Å²) in [6, 6.07) is 19.3. The number of carbonyl (C=O) groups is 2. The first-order chi connectivity index (χ1) is 17.1. The SMILES string of the molecule is O=C(c1ccc2c(c1)OCO2)[C@H]1[C@@H](c2ccccc2)[C@@H]2CSCN2[C@@]12C(=O)Nc1ccc(F)cc12. The van der Waals surface area contributed by atoms with Crippen LogP contribution < -0.4 is 14.8 Å². The van der Waals surface area contributed by atoms with Crippen LogP contribution in [0.1, 0.15) is 27.4 Å². The Hall–Kier alpha value is -3.36. The van der Waals surface area contributed by atoms with Gasteiger partial charge in [0.2, 0.25) is 12.7 Å². The van der Waals surface area contributed by atoms with Crippen molar-refractivity contribution in [3.05, 3.63) is 89.2 Å². The average molecular weight is 489 g/mol. The fourth-order valence-corrected chi connectivity index (χ4v) is 7.65. The van der Waals surface area contributed by atoms with Gasteiger partial charge in [0, 0.05) is 40.4 Å². The third kappa shape index (κ3) is 2.81. The van der Waals surface area contributed by atoms with Gasteiger partial charge in [0.05, 0.1) is 5.92 Å². The highest BCUT2D eigenvalue weighted by Gasteiger charge is 2.69. The number of nitrogens with one attached hydrogen (secondary N) is 1. The Morgan fingerprint density at radius 1 is 1.06 bits per heavy atom. The highest BCUT2D eigenvalue weighted by Crippen LogP contribution is 2.61. The number of amides is 1. The van der Waals surface area contributed by atoms with E-state index < -0.39 is 17.3 Å². The van der Waals surface area contributed by atoms with Crippen LogP contribution in [0, 0.1) is 11.7 Å². The zero-order chi connectivity index (χ0) is 23.7. The zero-order valence-corrected chi connectivity index (χ0v) is 19.4. The first-order valence-corrected chi connectivity index (χ1v) is 12.7. The number of thioether (sulfide) groups is 1. The summed E-state index contributed by atoms with van der Waals surface area (Å²) in [6.07, 6.45) is 0. The lowest BCUT2D eigenvalue weighted by atomic mass is 9.69. The quantitative estimate of drug-likeness (QED) is 0.553. The number of rotatable bonds is 3. The Morgan fingerprint density at radius 3 is 2.74 bits per heavy atom. The van der Waals surface area contributed by atoms with Crippen molar-refractivity contribution in [1.82, 2.24) is 4.90 Å². The van der Waals surface area contributed by atoms with Gasteiger partial charge in [-0.1, -0.05) is 30.3 Å². The lowest BCUT2D eigenvalue weighted by Crippen LogP contribution is -2.52. The number of carbonyl (C=O) groups excluding carboxylic acids is 2. The number of ketones is 1. The molecule has 0 unspecified atom stereocenters. The van der Waals surface area contributed by atoms with E-state index in [1.54, 1.807) is 36.0 Å². The second-order valence-corrected chi connectivity index (χ2v) is 10.3. The topological polar surface area (TPSA) is 67.9 Å². The number of Topliss-reactive ketones (excluding diaryl/α,β-unsaturated/α-hetero) is 1. The number of benzene rings is 3. The number of fused-ring (bicyclic) bond motifs is 5. The average Bonchev–Trinajstić information content (AvgIpc) is 3.63.